The molecule has 2 saturated heterocycles. The molecule has 2 atom stereocenters. The van der Waals surface area contributed by atoms with Crippen LogP contribution in [-0.2, 0) is 4.74 Å². The minimum Gasteiger partial charge on any atom is -0.444 e. The molecule has 0 saturated carbocycles. The molecule has 1 aromatic rings. The van der Waals surface area contributed by atoms with Crippen molar-refractivity contribution < 1.29 is 9.53 Å². The van der Waals surface area contributed by atoms with Crippen molar-refractivity contribution in [3.8, 4) is 0 Å². The summed E-state index contributed by atoms with van der Waals surface area (Å²) in [5.74, 6) is 1.29. The molecule has 0 aromatic carbocycles. The Hall–Kier alpha value is -1.56. The van der Waals surface area contributed by atoms with E-state index in [0.29, 0.717) is 17.6 Å². The summed E-state index contributed by atoms with van der Waals surface area (Å²) in [5, 5.41) is 8.46. The van der Waals surface area contributed by atoms with E-state index in [4.69, 9.17) is 16.3 Å². The minimum atomic E-state index is -0.462. The summed E-state index contributed by atoms with van der Waals surface area (Å²) in [4.78, 5) is 16.2. The number of hydrogen-bond donors (Lipinski definition) is 0. The van der Waals surface area contributed by atoms with E-state index in [9.17, 15) is 4.79 Å². The van der Waals surface area contributed by atoms with E-state index in [1.165, 1.54) is 0 Å². The molecule has 0 aliphatic carbocycles. The van der Waals surface area contributed by atoms with Crippen molar-refractivity contribution >= 4 is 23.5 Å². The summed E-state index contributed by atoms with van der Waals surface area (Å²) in [6.07, 6.45) is 0.818. The zero-order valence-corrected chi connectivity index (χ0v) is 13.9. The van der Waals surface area contributed by atoms with Crippen LogP contribution in [0.25, 0.3) is 0 Å². The van der Waals surface area contributed by atoms with E-state index in [1.54, 1.807) is 11.0 Å². The molecule has 1 amide bonds. The maximum atomic E-state index is 12.2. The number of amides is 1. The lowest BCUT2D eigenvalue weighted by molar-refractivity contribution is 0.0284. The van der Waals surface area contributed by atoms with E-state index >= 15 is 0 Å². The number of aromatic nitrogens is 2. The van der Waals surface area contributed by atoms with Gasteiger partial charge in [-0.1, -0.05) is 11.6 Å². The highest BCUT2D eigenvalue weighted by atomic mass is 35.5. The largest absolute Gasteiger partial charge is 0.444 e. The quantitative estimate of drug-likeness (QED) is 0.794. The van der Waals surface area contributed by atoms with Crippen molar-refractivity contribution in [1.29, 1.82) is 0 Å². The number of likely N-dealkylation sites (tertiary alicyclic amines) is 1. The lowest BCUT2D eigenvalue weighted by Gasteiger charge is -2.27. The van der Waals surface area contributed by atoms with Gasteiger partial charge in [-0.15, -0.1) is 10.2 Å². The number of anilines is 1. The van der Waals surface area contributed by atoms with Crippen molar-refractivity contribution in [3.63, 3.8) is 0 Å². The highest BCUT2D eigenvalue weighted by Crippen LogP contribution is 2.34. The van der Waals surface area contributed by atoms with Gasteiger partial charge in [-0.25, -0.2) is 4.79 Å². The molecule has 0 spiro atoms. The molecule has 2 aliphatic rings. The van der Waals surface area contributed by atoms with Gasteiger partial charge in [0.25, 0.3) is 0 Å². The van der Waals surface area contributed by atoms with Gasteiger partial charge in [0.05, 0.1) is 6.04 Å². The molecule has 2 unspecified atom stereocenters. The van der Waals surface area contributed by atoms with Crippen LogP contribution in [-0.4, -0.2) is 52.5 Å². The average molecular weight is 325 g/mol. The van der Waals surface area contributed by atoms with Crippen LogP contribution in [0.1, 0.15) is 27.2 Å². The summed E-state index contributed by atoms with van der Waals surface area (Å²) in [7, 11) is 0. The van der Waals surface area contributed by atoms with Crippen molar-refractivity contribution in [2.75, 3.05) is 24.5 Å². The van der Waals surface area contributed by atoms with Crippen molar-refractivity contribution in [2.24, 2.45) is 5.92 Å². The molecule has 0 bridgehead atoms. The van der Waals surface area contributed by atoms with E-state index in [1.807, 2.05) is 26.8 Å². The van der Waals surface area contributed by atoms with Crippen LogP contribution in [0.5, 0.6) is 0 Å². The molecule has 0 N–H and O–H groups in total. The summed E-state index contributed by atoms with van der Waals surface area (Å²) >= 11 is 5.79. The van der Waals surface area contributed by atoms with E-state index in [-0.39, 0.29) is 12.1 Å². The Balaban J connectivity index is 1.68. The van der Waals surface area contributed by atoms with Gasteiger partial charge in [-0.3, -0.25) is 0 Å². The van der Waals surface area contributed by atoms with Crippen LogP contribution < -0.4 is 4.90 Å². The number of halogens is 1. The predicted octanol–water partition coefficient (Wildman–Crippen LogP) is 2.58. The van der Waals surface area contributed by atoms with Gasteiger partial charge in [0, 0.05) is 25.6 Å². The van der Waals surface area contributed by atoms with Crippen LogP contribution in [0.15, 0.2) is 12.1 Å². The van der Waals surface area contributed by atoms with Gasteiger partial charge < -0.3 is 14.5 Å². The first-order chi connectivity index (χ1) is 10.3. The fourth-order valence-corrected chi connectivity index (χ4v) is 3.28. The summed E-state index contributed by atoms with van der Waals surface area (Å²) < 4.78 is 5.47. The molecule has 120 valence electrons. The molecular formula is C15H21ClN4O2. The van der Waals surface area contributed by atoms with Crippen molar-refractivity contribution in [1.82, 2.24) is 15.1 Å². The van der Waals surface area contributed by atoms with Crippen LogP contribution in [0.3, 0.4) is 0 Å². The number of carbonyl (C=O) groups excluding carboxylic acids is 1. The molecule has 1 aromatic heterocycles. The third-order valence-electron chi connectivity index (χ3n) is 4.11. The topological polar surface area (TPSA) is 58.6 Å². The standard InChI is InChI=1S/C15H21ClN4O2/c1-15(2,3)22-14(21)19-8-10-6-7-20(11(10)9-19)13-5-4-12(16)17-18-13/h4-5,10-11H,6-9H2,1-3H3. The normalized spacial score (nSPS) is 24.5. The molecule has 0 radical (unpaired) electrons. The second kappa shape index (κ2) is 5.57. The van der Waals surface area contributed by atoms with Crippen molar-refractivity contribution in [2.45, 2.75) is 38.8 Å². The lowest BCUT2D eigenvalue weighted by Crippen LogP contribution is -2.39. The maximum Gasteiger partial charge on any atom is 0.410 e. The Labute approximate surface area is 135 Å². The molecule has 2 aliphatic heterocycles. The summed E-state index contributed by atoms with van der Waals surface area (Å²) in [6, 6.07) is 3.91. The fraction of sp³-hybridized carbons (Fsp3) is 0.667. The first-order valence-corrected chi connectivity index (χ1v) is 7.95. The Bertz CT molecular complexity index is 558. The number of rotatable bonds is 1. The number of ether oxygens (including phenoxy) is 1. The van der Waals surface area contributed by atoms with Crippen LogP contribution in [0, 0.1) is 5.92 Å². The highest BCUT2D eigenvalue weighted by Gasteiger charge is 2.44. The number of fused-ring (bicyclic) bond motifs is 1. The second-order valence-electron chi connectivity index (χ2n) is 6.91. The Kier molecular flexibility index (Phi) is 3.89. The molecule has 3 heterocycles. The summed E-state index contributed by atoms with van der Waals surface area (Å²) in [5.41, 5.74) is -0.462. The van der Waals surface area contributed by atoms with E-state index < -0.39 is 5.60 Å². The fourth-order valence-electron chi connectivity index (χ4n) is 3.18. The molecule has 6 nitrogen and oxygen atoms in total. The number of hydrogen-bond acceptors (Lipinski definition) is 5. The Morgan fingerprint density at radius 1 is 1.32 bits per heavy atom. The lowest BCUT2D eigenvalue weighted by atomic mass is 10.1. The number of nitrogens with zero attached hydrogens (tertiary/aromatic N) is 4. The molecule has 3 rings (SSSR count). The molecule has 7 heteroatoms. The average Bonchev–Trinajstić information content (AvgIpc) is 2.97. The van der Waals surface area contributed by atoms with E-state index in [2.05, 4.69) is 15.1 Å². The van der Waals surface area contributed by atoms with Gasteiger partial charge >= 0.3 is 6.09 Å². The highest BCUT2D eigenvalue weighted by molar-refractivity contribution is 6.29. The molecule has 22 heavy (non-hydrogen) atoms. The first-order valence-electron chi connectivity index (χ1n) is 7.57. The van der Waals surface area contributed by atoms with Gasteiger partial charge in [-0.2, -0.15) is 0 Å². The summed E-state index contributed by atoms with van der Waals surface area (Å²) in [6.45, 7) is 8.01. The Morgan fingerprint density at radius 2 is 2.09 bits per heavy atom. The van der Waals surface area contributed by atoms with Crippen LogP contribution in [0.4, 0.5) is 10.6 Å². The third kappa shape index (κ3) is 3.11. The smallest absolute Gasteiger partial charge is 0.410 e. The molecular weight excluding hydrogens is 304 g/mol. The zero-order valence-electron chi connectivity index (χ0n) is 13.1. The Morgan fingerprint density at radius 3 is 2.73 bits per heavy atom. The molecule has 2 fully saturated rings. The first kappa shape index (κ1) is 15.3. The van der Waals surface area contributed by atoms with Gasteiger partial charge in [-0.05, 0) is 39.3 Å². The van der Waals surface area contributed by atoms with Gasteiger partial charge in [0.1, 0.15) is 5.60 Å². The van der Waals surface area contributed by atoms with Crippen molar-refractivity contribution in [3.05, 3.63) is 17.3 Å². The predicted molar refractivity (Wildman–Crippen MR) is 84.1 cm³/mol. The van der Waals surface area contributed by atoms with Gasteiger partial charge in [0.15, 0.2) is 11.0 Å². The maximum absolute atomic E-state index is 12.2. The third-order valence-corrected chi connectivity index (χ3v) is 4.31. The second-order valence-corrected chi connectivity index (χ2v) is 7.30. The zero-order chi connectivity index (χ0) is 15.9. The van der Waals surface area contributed by atoms with Crippen LogP contribution >= 0.6 is 11.6 Å². The van der Waals surface area contributed by atoms with Crippen LogP contribution in [0.2, 0.25) is 5.15 Å². The van der Waals surface area contributed by atoms with Gasteiger partial charge in [0.2, 0.25) is 0 Å². The monoisotopic (exact) mass is 324 g/mol. The number of carbonyl (C=O) groups is 1. The SMILES string of the molecule is CC(C)(C)OC(=O)N1CC2CCN(c3ccc(Cl)nn3)C2C1. The minimum absolute atomic E-state index is 0.232. The van der Waals surface area contributed by atoms with E-state index in [0.717, 1.165) is 25.3 Å².